The first kappa shape index (κ1) is 17.5. The van der Waals surface area contributed by atoms with Crippen molar-refractivity contribution >= 4 is 23.3 Å². The van der Waals surface area contributed by atoms with Crippen molar-refractivity contribution in [3.63, 3.8) is 0 Å². The van der Waals surface area contributed by atoms with Crippen LogP contribution in [0.25, 0.3) is 0 Å². The molecule has 1 N–H and O–H groups in total. The minimum Gasteiger partial charge on any atom is -0.490 e. The first-order valence-corrected chi connectivity index (χ1v) is 8.84. The molecule has 1 saturated heterocycles. The van der Waals surface area contributed by atoms with E-state index in [9.17, 15) is 4.79 Å². The lowest BCUT2D eigenvalue weighted by Crippen LogP contribution is -2.37. The molecule has 6 heteroatoms. The Hall–Kier alpha value is -2.27. The highest BCUT2D eigenvalue weighted by atomic mass is 35.5. The van der Waals surface area contributed by atoms with Crippen molar-refractivity contribution in [2.24, 2.45) is 0 Å². The Morgan fingerprint density at radius 1 is 1.36 bits per heavy atom. The molecule has 1 amide bonds. The highest BCUT2D eigenvalue weighted by Gasteiger charge is 2.26. The number of rotatable bonds is 5. The molecule has 1 aliphatic heterocycles. The molecule has 1 unspecified atom stereocenters. The third-order valence-electron chi connectivity index (χ3n) is 4.05. The van der Waals surface area contributed by atoms with E-state index in [1.165, 1.54) is 0 Å². The number of hydrogen-bond acceptors (Lipinski definition) is 4. The second-order valence-electron chi connectivity index (χ2n) is 6.40. The predicted molar refractivity (Wildman–Crippen MR) is 99.5 cm³/mol. The molecule has 25 heavy (non-hydrogen) atoms. The van der Waals surface area contributed by atoms with Crippen LogP contribution in [0.15, 0.2) is 42.6 Å². The van der Waals surface area contributed by atoms with Gasteiger partial charge in [0.05, 0.1) is 11.7 Å². The standard InChI is InChI=1S/C19H22ClN3O2/c1-13(2)25-17-7-6-14(20)11-16(17)19(24)22-15-8-10-23(12-15)18-5-3-4-9-21-18/h3-7,9,11,13,15H,8,10,12H2,1-2H3,(H,22,24). The second kappa shape index (κ2) is 7.74. The Morgan fingerprint density at radius 2 is 2.20 bits per heavy atom. The monoisotopic (exact) mass is 359 g/mol. The van der Waals surface area contributed by atoms with E-state index in [0.717, 1.165) is 25.3 Å². The first-order chi connectivity index (χ1) is 12.0. The highest BCUT2D eigenvalue weighted by Crippen LogP contribution is 2.25. The number of nitrogens with one attached hydrogen (secondary N) is 1. The Morgan fingerprint density at radius 3 is 2.92 bits per heavy atom. The van der Waals surface area contributed by atoms with Gasteiger partial charge >= 0.3 is 0 Å². The molecule has 3 rings (SSSR count). The number of halogens is 1. The lowest BCUT2D eigenvalue weighted by Gasteiger charge is -2.19. The molecule has 0 bridgehead atoms. The third-order valence-corrected chi connectivity index (χ3v) is 4.28. The summed E-state index contributed by atoms with van der Waals surface area (Å²) >= 11 is 6.07. The van der Waals surface area contributed by atoms with Crippen LogP contribution in [0.4, 0.5) is 5.82 Å². The van der Waals surface area contributed by atoms with Crippen molar-refractivity contribution in [3.05, 3.63) is 53.2 Å². The number of amides is 1. The molecule has 0 aliphatic carbocycles. The van der Waals surface area contributed by atoms with Gasteiger partial charge < -0.3 is 15.0 Å². The van der Waals surface area contributed by atoms with E-state index in [2.05, 4.69) is 15.2 Å². The van der Waals surface area contributed by atoms with E-state index in [4.69, 9.17) is 16.3 Å². The van der Waals surface area contributed by atoms with Crippen LogP contribution in [0, 0.1) is 0 Å². The van der Waals surface area contributed by atoms with Gasteiger partial charge in [-0.15, -0.1) is 0 Å². The molecule has 1 aromatic carbocycles. The fourth-order valence-electron chi connectivity index (χ4n) is 2.93. The van der Waals surface area contributed by atoms with E-state index in [0.29, 0.717) is 16.3 Å². The summed E-state index contributed by atoms with van der Waals surface area (Å²) in [4.78, 5) is 19.3. The number of hydrogen-bond donors (Lipinski definition) is 1. The summed E-state index contributed by atoms with van der Waals surface area (Å²) in [5.41, 5.74) is 0.470. The van der Waals surface area contributed by atoms with Gasteiger partial charge in [-0.1, -0.05) is 17.7 Å². The summed E-state index contributed by atoms with van der Waals surface area (Å²) < 4.78 is 5.74. The van der Waals surface area contributed by atoms with E-state index in [1.807, 2.05) is 32.0 Å². The summed E-state index contributed by atoms with van der Waals surface area (Å²) in [6.07, 6.45) is 2.64. The molecule has 1 aromatic heterocycles. The van der Waals surface area contributed by atoms with Crippen LogP contribution in [0.3, 0.4) is 0 Å². The Balaban J connectivity index is 1.68. The van der Waals surface area contributed by atoms with Gasteiger partial charge in [-0.25, -0.2) is 4.98 Å². The largest absolute Gasteiger partial charge is 0.490 e. The van der Waals surface area contributed by atoms with Gasteiger partial charge in [-0.3, -0.25) is 4.79 Å². The maximum absolute atomic E-state index is 12.7. The fourth-order valence-corrected chi connectivity index (χ4v) is 3.10. The number of carbonyl (C=O) groups is 1. The van der Waals surface area contributed by atoms with Gasteiger partial charge in [0.15, 0.2) is 0 Å². The van der Waals surface area contributed by atoms with Gasteiger partial charge in [0, 0.05) is 30.4 Å². The van der Waals surface area contributed by atoms with Gasteiger partial charge in [0.25, 0.3) is 5.91 Å². The van der Waals surface area contributed by atoms with Crippen molar-refractivity contribution in [1.29, 1.82) is 0 Å². The van der Waals surface area contributed by atoms with E-state index < -0.39 is 0 Å². The maximum atomic E-state index is 12.7. The molecule has 1 aliphatic rings. The number of pyridine rings is 1. The lowest BCUT2D eigenvalue weighted by atomic mass is 10.1. The summed E-state index contributed by atoms with van der Waals surface area (Å²) in [6, 6.07) is 11.0. The molecular formula is C19H22ClN3O2. The van der Waals surface area contributed by atoms with E-state index >= 15 is 0 Å². The quantitative estimate of drug-likeness (QED) is 0.887. The summed E-state index contributed by atoms with van der Waals surface area (Å²) in [7, 11) is 0. The number of aromatic nitrogens is 1. The third kappa shape index (κ3) is 4.42. The number of benzene rings is 1. The van der Waals surface area contributed by atoms with E-state index in [-0.39, 0.29) is 18.1 Å². The molecule has 0 radical (unpaired) electrons. The van der Waals surface area contributed by atoms with Gasteiger partial charge in [-0.05, 0) is 50.6 Å². The Bertz CT molecular complexity index is 737. The molecule has 2 heterocycles. The maximum Gasteiger partial charge on any atom is 0.255 e. The summed E-state index contributed by atoms with van der Waals surface area (Å²) in [6.45, 7) is 5.46. The van der Waals surface area contributed by atoms with Crippen molar-refractivity contribution < 1.29 is 9.53 Å². The summed E-state index contributed by atoms with van der Waals surface area (Å²) in [5, 5.41) is 3.61. The zero-order valence-corrected chi connectivity index (χ0v) is 15.2. The number of anilines is 1. The normalized spacial score (nSPS) is 17.0. The molecule has 0 saturated carbocycles. The molecular weight excluding hydrogens is 338 g/mol. The zero-order valence-electron chi connectivity index (χ0n) is 14.4. The van der Waals surface area contributed by atoms with Crippen LogP contribution >= 0.6 is 11.6 Å². The number of nitrogens with zero attached hydrogens (tertiary/aromatic N) is 2. The van der Waals surface area contributed by atoms with Crippen LogP contribution in [-0.4, -0.2) is 36.1 Å². The highest BCUT2D eigenvalue weighted by molar-refractivity contribution is 6.31. The second-order valence-corrected chi connectivity index (χ2v) is 6.84. The average Bonchev–Trinajstić information content (AvgIpc) is 3.05. The van der Waals surface area contributed by atoms with Crippen LogP contribution in [0.2, 0.25) is 5.02 Å². The zero-order chi connectivity index (χ0) is 17.8. The Labute approximate surface area is 153 Å². The van der Waals surface area contributed by atoms with Gasteiger partial charge in [0.2, 0.25) is 0 Å². The number of ether oxygens (including phenoxy) is 1. The van der Waals surface area contributed by atoms with Crippen LogP contribution in [0.5, 0.6) is 5.75 Å². The molecule has 5 nitrogen and oxygen atoms in total. The minimum atomic E-state index is -0.161. The minimum absolute atomic E-state index is 0.0150. The van der Waals surface area contributed by atoms with Crippen molar-refractivity contribution in [2.75, 3.05) is 18.0 Å². The fraction of sp³-hybridized carbons (Fsp3) is 0.368. The molecule has 1 fully saturated rings. The van der Waals surface area contributed by atoms with Crippen molar-refractivity contribution in [1.82, 2.24) is 10.3 Å². The Kier molecular flexibility index (Phi) is 5.43. The molecule has 1 atom stereocenters. The summed E-state index contributed by atoms with van der Waals surface area (Å²) in [5.74, 6) is 1.33. The SMILES string of the molecule is CC(C)Oc1ccc(Cl)cc1C(=O)NC1CCN(c2ccccn2)C1. The van der Waals surface area contributed by atoms with Gasteiger partial charge in [-0.2, -0.15) is 0 Å². The number of carbonyl (C=O) groups excluding carboxylic acids is 1. The lowest BCUT2D eigenvalue weighted by molar-refractivity contribution is 0.0934. The van der Waals surface area contributed by atoms with Crippen LogP contribution < -0.4 is 15.0 Å². The van der Waals surface area contributed by atoms with Crippen LogP contribution in [0.1, 0.15) is 30.6 Å². The molecule has 132 valence electrons. The van der Waals surface area contributed by atoms with E-state index in [1.54, 1.807) is 24.4 Å². The van der Waals surface area contributed by atoms with Gasteiger partial charge in [0.1, 0.15) is 11.6 Å². The van der Waals surface area contributed by atoms with Crippen LogP contribution in [-0.2, 0) is 0 Å². The molecule has 0 spiro atoms. The smallest absolute Gasteiger partial charge is 0.255 e. The molecule has 2 aromatic rings. The topological polar surface area (TPSA) is 54.5 Å². The van der Waals surface area contributed by atoms with Crippen molar-refractivity contribution in [3.8, 4) is 5.75 Å². The predicted octanol–water partition coefficient (Wildman–Crippen LogP) is 3.53. The van der Waals surface area contributed by atoms with Crippen molar-refractivity contribution in [2.45, 2.75) is 32.4 Å². The average molecular weight is 360 g/mol. The first-order valence-electron chi connectivity index (χ1n) is 8.46.